The fourth-order valence-electron chi connectivity index (χ4n) is 1.87. The molecule has 5 heteroatoms. The molecule has 20 heavy (non-hydrogen) atoms. The van der Waals surface area contributed by atoms with Crippen LogP contribution in [0.1, 0.15) is 24.4 Å². The van der Waals surface area contributed by atoms with E-state index in [0.717, 1.165) is 5.56 Å². The summed E-state index contributed by atoms with van der Waals surface area (Å²) in [6, 6.07) is 8.51. The molecule has 0 radical (unpaired) electrons. The number of hydrogen-bond donors (Lipinski definition) is 3. The van der Waals surface area contributed by atoms with E-state index in [0.29, 0.717) is 0 Å². The minimum atomic E-state index is -1.03. The molecule has 0 saturated heterocycles. The number of aliphatic hydroxyl groups excluding tert-OH is 1. The van der Waals surface area contributed by atoms with Gasteiger partial charge in [-0.2, -0.15) is 0 Å². The molecule has 0 unspecified atom stereocenters. The highest BCUT2D eigenvalue weighted by molar-refractivity contribution is 5.82. The lowest BCUT2D eigenvalue weighted by Crippen LogP contribution is -2.33. The van der Waals surface area contributed by atoms with Crippen molar-refractivity contribution in [2.45, 2.75) is 18.9 Å². The van der Waals surface area contributed by atoms with Crippen LogP contribution in [-0.4, -0.2) is 28.7 Å². The first-order valence-corrected chi connectivity index (χ1v) is 6.37. The first-order valence-electron chi connectivity index (χ1n) is 6.37. The van der Waals surface area contributed by atoms with Gasteiger partial charge in [0, 0.05) is 6.42 Å². The number of aliphatic carboxylic acids is 1. The van der Waals surface area contributed by atoms with Crippen molar-refractivity contribution in [3.63, 3.8) is 0 Å². The van der Waals surface area contributed by atoms with Gasteiger partial charge in [-0.3, -0.25) is 9.59 Å². The number of amides is 1. The molecule has 0 aromatic heterocycles. The Labute approximate surface area is 117 Å². The zero-order valence-corrected chi connectivity index (χ0v) is 11.2. The fraction of sp³-hybridized carbons (Fsp3) is 0.333. The highest BCUT2D eigenvalue weighted by Crippen LogP contribution is 2.14. The Balaban J connectivity index is 2.63. The van der Waals surface area contributed by atoms with Crippen LogP contribution < -0.4 is 5.32 Å². The Hall–Kier alpha value is -2.14. The lowest BCUT2D eigenvalue weighted by atomic mass is 10.0. The SMILES string of the molecule is C=CC[C@H](CC(=O)N[C@@H](CO)c1ccccc1)C(=O)O. The van der Waals surface area contributed by atoms with E-state index in [1.165, 1.54) is 6.08 Å². The maximum atomic E-state index is 11.9. The Bertz CT molecular complexity index is 458. The number of carbonyl (C=O) groups excluding carboxylic acids is 1. The van der Waals surface area contributed by atoms with Crippen LogP contribution in [0, 0.1) is 5.92 Å². The molecule has 0 aliphatic carbocycles. The molecule has 0 saturated carbocycles. The van der Waals surface area contributed by atoms with E-state index in [2.05, 4.69) is 11.9 Å². The number of carbonyl (C=O) groups is 2. The first-order chi connectivity index (χ1) is 9.58. The summed E-state index contributed by atoms with van der Waals surface area (Å²) < 4.78 is 0. The summed E-state index contributed by atoms with van der Waals surface area (Å²) in [5.41, 5.74) is 0.777. The monoisotopic (exact) mass is 277 g/mol. The molecule has 1 aromatic rings. The Morgan fingerprint density at radius 3 is 2.45 bits per heavy atom. The van der Waals surface area contributed by atoms with Gasteiger partial charge in [-0.05, 0) is 12.0 Å². The van der Waals surface area contributed by atoms with Crippen molar-refractivity contribution in [2.24, 2.45) is 5.92 Å². The Morgan fingerprint density at radius 1 is 1.30 bits per heavy atom. The maximum Gasteiger partial charge on any atom is 0.307 e. The molecule has 0 aliphatic heterocycles. The summed E-state index contributed by atoms with van der Waals surface area (Å²) in [5.74, 6) is -2.22. The van der Waals surface area contributed by atoms with Gasteiger partial charge in [0.05, 0.1) is 18.6 Å². The molecule has 0 spiro atoms. The predicted molar refractivity (Wildman–Crippen MR) is 75.0 cm³/mol. The summed E-state index contributed by atoms with van der Waals surface area (Å²) in [6.07, 6.45) is 1.58. The average Bonchev–Trinajstić information content (AvgIpc) is 2.45. The molecule has 0 heterocycles. The summed E-state index contributed by atoms with van der Waals surface area (Å²) in [5, 5.41) is 21.0. The number of hydrogen-bond acceptors (Lipinski definition) is 3. The molecule has 0 aliphatic rings. The Morgan fingerprint density at radius 2 is 1.95 bits per heavy atom. The number of rotatable bonds is 8. The molecule has 0 bridgehead atoms. The quantitative estimate of drug-likeness (QED) is 0.628. The number of allylic oxidation sites excluding steroid dienone is 1. The van der Waals surface area contributed by atoms with E-state index in [4.69, 9.17) is 5.11 Å². The number of aliphatic hydroxyl groups is 1. The van der Waals surface area contributed by atoms with Crippen molar-refractivity contribution in [1.29, 1.82) is 0 Å². The summed E-state index contributed by atoms with van der Waals surface area (Å²) in [6.45, 7) is 3.24. The van der Waals surface area contributed by atoms with Gasteiger partial charge in [0.1, 0.15) is 0 Å². The third-order valence-corrected chi connectivity index (χ3v) is 2.95. The van der Waals surface area contributed by atoms with Gasteiger partial charge in [0.25, 0.3) is 0 Å². The third kappa shape index (κ3) is 4.85. The zero-order chi connectivity index (χ0) is 15.0. The van der Waals surface area contributed by atoms with E-state index in [1.54, 1.807) is 12.1 Å². The molecule has 108 valence electrons. The van der Waals surface area contributed by atoms with Gasteiger partial charge in [0.15, 0.2) is 0 Å². The van der Waals surface area contributed by atoms with Gasteiger partial charge < -0.3 is 15.5 Å². The largest absolute Gasteiger partial charge is 0.481 e. The van der Waals surface area contributed by atoms with Crippen LogP contribution >= 0.6 is 0 Å². The van der Waals surface area contributed by atoms with Gasteiger partial charge in [0.2, 0.25) is 5.91 Å². The molecule has 1 amide bonds. The molecule has 1 aromatic carbocycles. The highest BCUT2D eigenvalue weighted by atomic mass is 16.4. The van der Waals surface area contributed by atoms with E-state index in [9.17, 15) is 14.7 Å². The minimum Gasteiger partial charge on any atom is -0.481 e. The minimum absolute atomic E-state index is 0.134. The predicted octanol–water partition coefficient (Wildman–Crippen LogP) is 1.50. The second kappa shape index (κ2) is 8.12. The lowest BCUT2D eigenvalue weighted by molar-refractivity contribution is -0.144. The van der Waals surface area contributed by atoms with Crippen LogP contribution in [0.3, 0.4) is 0 Å². The van der Waals surface area contributed by atoms with Crippen molar-refractivity contribution in [1.82, 2.24) is 5.32 Å². The molecule has 5 nitrogen and oxygen atoms in total. The number of carboxylic acid groups (broad SMARTS) is 1. The summed E-state index contributed by atoms with van der Waals surface area (Å²) >= 11 is 0. The van der Waals surface area contributed by atoms with Gasteiger partial charge in [-0.15, -0.1) is 6.58 Å². The molecule has 0 fully saturated rings. The van der Waals surface area contributed by atoms with E-state index in [1.807, 2.05) is 18.2 Å². The van der Waals surface area contributed by atoms with Gasteiger partial charge in [-0.1, -0.05) is 36.4 Å². The smallest absolute Gasteiger partial charge is 0.307 e. The molecule has 1 rings (SSSR count). The van der Waals surface area contributed by atoms with E-state index in [-0.39, 0.29) is 19.4 Å². The van der Waals surface area contributed by atoms with E-state index < -0.39 is 23.8 Å². The fourth-order valence-corrected chi connectivity index (χ4v) is 1.87. The summed E-state index contributed by atoms with van der Waals surface area (Å²) in [7, 11) is 0. The topological polar surface area (TPSA) is 86.6 Å². The van der Waals surface area contributed by atoms with Crippen LogP contribution in [0.25, 0.3) is 0 Å². The first kappa shape index (κ1) is 15.9. The second-order valence-corrected chi connectivity index (χ2v) is 4.48. The Kier molecular flexibility index (Phi) is 6.46. The summed E-state index contributed by atoms with van der Waals surface area (Å²) in [4.78, 5) is 22.8. The molecular weight excluding hydrogens is 258 g/mol. The average molecular weight is 277 g/mol. The van der Waals surface area contributed by atoms with Gasteiger partial charge >= 0.3 is 5.97 Å². The van der Waals surface area contributed by atoms with Crippen LogP contribution in [0.5, 0.6) is 0 Å². The van der Waals surface area contributed by atoms with Gasteiger partial charge in [-0.25, -0.2) is 0 Å². The number of carboxylic acids is 1. The molecule has 2 atom stereocenters. The third-order valence-electron chi connectivity index (χ3n) is 2.95. The standard InChI is InChI=1S/C15H19NO4/c1-2-6-12(15(19)20)9-14(18)16-13(10-17)11-7-4-3-5-8-11/h2-5,7-8,12-13,17H,1,6,9-10H2,(H,16,18)(H,19,20)/t12-,13+/m1/s1. The number of nitrogens with one attached hydrogen (secondary N) is 1. The van der Waals surface area contributed by atoms with Crippen molar-refractivity contribution in [2.75, 3.05) is 6.61 Å². The lowest BCUT2D eigenvalue weighted by Gasteiger charge is -2.18. The normalized spacial score (nSPS) is 13.2. The van der Waals surface area contributed by atoms with Crippen molar-refractivity contribution < 1.29 is 19.8 Å². The highest BCUT2D eigenvalue weighted by Gasteiger charge is 2.21. The molecule has 3 N–H and O–H groups in total. The van der Waals surface area contributed by atoms with Crippen molar-refractivity contribution in [3.8, 4) is 0 Å². The zero-order valence-electron chi connectivity index (χ0n) is 11.2. The van der Waals surface area contributed by atoms with Crippen molar-refractivity contribution >= 4 is 11.9 Å². The van der Waals surface area contributed by atoms with Crippen LogP contribution in [0.4, 0.5) is 0 Å². The van der Waals surface area contributed by atoms with Crippen LogP contribution in [0.2, 0.25) is 0 Å². The molecular formula is C15H19NO4. The van der Waals surface area contributed by atoms with E-state index >= 15 is 0 Å². The van der Waals surface area contributed by atoms with Crippen LogP contribution in [0.15, 0.2) is 43.0 Å². The van der Waals surface area contributed by atoms with Crippen LogP contribution in [-0.2, 0) is 9.59 Å². The second-order valence-electron chi connectivity index (χ2n) is 4.48. The van der Waals surface area contributed by atoms with Crippen molar-refractivity contribution in [3.05, 3.63) is 48.6 Å². The number of benzene rings is 1. The maximum absolute atomic E-state index is 11.9.